The zero-order chi connectivity index (χ0) is 12.1. The van der Waals surface area contributed by atoms with Crippen LogP contribution >= 0.6 is 0 Å². The van der Waals surface area contributed by atoms with Gasteiger partial charge in [0.05, 0.1) is 0 Å². The molecule has 0 spiro atoms. The maximum Gasteiger partial charge on any atom is 0.295 e. The van der Waals surface area contributed by atoms with Crippen molar-refractivity contribution in [2.24, 2.45) is 0 Å². The van der Waals surface area contributed by atoms with Gasteiger partial charge in [0.25, 0.3) is 11.7 Å². The number of tetrazole rings is 1. The van der Waals surface area contributed by atoms with Gasteiger partial charge in [-0.05, 0) is 31.0 Å². The fraction of sp³-hybridized carbons (Fsp3) is 0.800. The average Bonchev–Trinajstić information content (AvgIpc) is 2.90. The molecule has 0 aromatic carbocycles. The second-order valence-electron chi connectivity index (χ2n) is 4.23. The molecule has 1 aliphatic rings. The van der Waals surface area contributed by atoms with Gasteiger partial charge in [0.1, 0.15) is 0 Å². The van der Waals surface area contributed by atoms with Crippen LogP contribution < -0.4 is 5.32 Å². The monoisotopic (exact) mass is 238 g/mol. The number of amides is 1. The molecule has 2 rings (SSSR count). The molecule has 0 radical (unpaired) electrons. The van der Waals surface area contributed by atoms with Crippen molar-refractivity contribution in [3.8, 4) is 0 Å². The lowest BCUT2D eigenvalue weighted by Gasteiger charge is -2.33. The van der Waals surface area contributed by atoms with Crippen LogP contribution in [0.3, 0.4) is 0 Å². The summed E-state index contributed by atoms with van der Waals surface area (Å²) in [5.74, 6) is 0.0262. The zero-order valence-corrected chi connectivity index (χ0v) is 10.0. The topological polar surface area (TPSA) is 86.8 Å². The molecule has 1 fully saturated rings. The fourth-order valence-electron chi connectivity index (χ4n) is 2.17. The van der Waals surface area contributed by atoms with Crippen molar-refractivity contribution in [3.05, 3.63) is 5.82 Å². The minimum atomic E-state index is -0.130. The first-order valence-electron chi connectivity index (χ1n) is 6.08. The van der Waals surface area contributed by atoms with Gasteiger partial charge in [0, 0.05) is 19.1 Å². The summed E-state index contributed by atoms with van der Waals surface area (Å²) in [4.78, 5) is 14.1. The van der Waals surface area contributed by atoms with Gasteiger partial charge in [-0.25, -0.2) is 0 Å². The number of aromatic amines is 1. The van der Waals surface area contributed by atoms with Crippen molar-refractivity contribution in [2.75, 3.05) is 19.6 Å². The lowest BCUT2D eigenvalue weighted by atomic mass is 10.1. The maximum atomic E-state index is 12.2. The number of nitrogens with one attached hydrogen (secondary N) is 2. The number of carbonyl (C=O) groups is 1. The second-order valence-corrected chi connectivity index (χ2v) is 4.23. The first-order valence-corrected chi connectivity index (χ1v) is 6.08. The Morgan fingerprint density at radius 3 is 3.06 bits per heavy atom. The number of nitrogens with zero attached hydrogens (tertiary/aromatic N) is 4. The average molecular weight is 238 g/mol. The molecule has 1 aliphatic heterocycles. The molecule has 94 valence electrons. The molecule has 1 unspecified atom stereocenters. The van der Waals surface area contributed by atoms with Gasteiger partial charge in [-0.1, -0.05) is 6.92 Å². The molecule has 1 atom stereocenters. The SMILES string of the molecule is CCCN(C(=O)c1nn[nH]n1)C1CCCNC1. The molecule has 1 amide bonds. The van der Waals surface area contributed by atoms with Crippen LogP contribution in [-0.2, 0) is 0 Å². The van der Waals surface area contributed by atoms with Crippen LogP contribution in [0.2, 0.25) is 0 Å². The zero-order valence-electron chi connectivity index (χ0n) is 10.0. The molecule has 0 aliphatic carbocycles. The lowest BCUT2D eigenvalue weighted by molar-refractivity contribution is 0.0636. The number of H-pyrrole nitrogens is 1. The summed E-state index contributed by atoms with van der Waals surface area (Å²) in [6, 6.07) is 0.245. The van der Waals surface area contributed by atoms with E-state index in [0.29, 0.717) is 0 Å². The number of aromatic nitrogens is 4. The highest BCUT2D eigenvalue weighted by Gasteiger charge is 2.27. The summed E-state index contributed by atoms with van der Waals surface area (Å²) in [5, 5.41) is 16.6. The van der Waals surface area contributed by atoms with E-state index in [-0.39, 0.29) is 17.8 Å². The Hall–Kier alpha value is -1.50. The Kier molecular flexibility index (Phi) is 4.03. The number of rotatable bonds is 4. The van der Waals surface area contributed by atoms with E-state index in [2.05, 4.69) is 32.9 Å². The number of hydrogen-bond acceptors (Lipinski definition) is 5. The Morgan fingerprint density at radius 1 is 1.59 bits per heavy atom. The van der Waals surface area contributed by atoms with E-state index in [4.69, 9.17) is 0 Å². The predicted octanol–water partition coefficient (Wildman–Crippen LogP) is -0.196. The van der Waals surface area contributed by atoms with Crippen LogP contribution in [0.25, 0.3) is 0 Å². The third-order valence-corrected chi connectivity index (χ3v) is 2.97. The molecule has 7 heteroatoms. The van der Waals surface area contributed by atoms with Crippen molar-refractivity contribution < 1.29 is 4.79 Å². The summed E-state index contributed by atoms with van der Waals surface area (Å²) in [5.41, 5.74) is 0. The lowest BCUT2D eigenvalue weighted by Crippen LogP contribution is -2.49. The van der Waals surface area contributed by atoms with E-state index in [9.17, 15) is 4.79 Å². The number of hydrogen-bond donors (Lipinski definition) is 2. The number of carbonyl (C=O) groups excluding carboxylic acids is 1. The van der Waals surface area contributed by atoms with E-state index in [1.165, 1.54) is 0 Å². The summed E-state index contributed by atoms with van der Waals surface area (Å²) in [7, 11) is 0. The van der Waals surface area contributed by atoms with Crippen molar-refractivity contribution in [1.29, 1.82) is 0 Å². The Morgan fingerprint density at radius 2 is 2.47 bits per heavy atom. The molecule has 0 bridgehead atoms. The highest BCUT2D eigenvalue weighted by atomic mass is 16.2. The summed E-state index contributed by atoms with van der Waals surface area (Å²) >= 11 is 0. The molecule has 7 nitrogen and oxygen atoms in total. The summed E-state index contributed by atoms with van der Waals surface area (Å²) in [6.07, 6.45) is 3.07. The highest BCUT2D eigenvalue weighted by Crippen LogP contribution is 2.13. The van der Waals surface area contributed by atoms with E-state index < -0.39 is 0 Å². The van der Waals surface area contributed by atoms with Crippen LogP contribution in [-0.4, -0.2) is 57.1 Å². The highest BCUT2D eigenvalue weighted by molar-refractivity contribution is 5.90. The molecule has 2 heterocycles. The first kappa shape index (κ1) is 12.0. The Bertz CT molecular complexity index is 346. The van der Waals surface area contributed by atoms with Gasteiger partial charge >= 0.3 is 0 Å². The molecule has 17 heavy (non-hydrogen) atoms. The van der Waals surface area contributed by atoms with Gasteiger partial charge < -0.3 is 10.2 Å². The molecule has 1 saturated heterocycles. The summed E-state index contributed by atoms with van der Waals surface area (Å²) < 4.78 is 0. The maximum absolute atomic E-state index is 12.2. The van der Waals surface area contributed by atoms with Crippen LogP contribution in [0, 0.1) is 0 Å². The van der Waals surface area contributed by atoms with Gasteiger partial charge in [-0.15, -0.1) is 10.2 Å². The van der Waals surface area contributed by atoms with E-state index in [1.54, 1.807) is 0 Å². The summed E-state index contributed by atoms with van der Waals surface area (Å²) in [6.45, 7) is 4.68. The quantitative estimate of drug-likeness (QED) is 0.759. The molecule has 1 aromatic rings. The van der Waals surface area contributed by atoms with Gasteiger partial charge in [0.15, 0.2) is 0 Å². The Labute approximate surface area is 100.0 Å². The van der Waals surface area contributed by atoms with Gasteiger partial charge in [0.2, 0.25) is 0 Å². The number of piperidine rings is 1. The second kappa shape index (κ2) is 5.72. The van der Waals surface area contributed by atoms with Crippen molar-refractivity contribution in [3.63, 3.8) is 0 Å². The molecule has 1 aromatic heterocycles. The van der Waals surface area contributed by atoms with Gasteiger partial charge in [-0.3, -0.25) is 4.79 Å². The van der Waals surface area contributed by atoms with Crippen LogP contribution in [0.4, 0.5) is 0 Å². The molecular formula is C10H18N6O. The third-order valence-electron chi connectivity index (χ3n) is 2.97. The standard InChI is InChI=1S/C10H18N6O/c1-2-6-16(8-4-3-5-11-7-8)10(17)9-12-14-15-13-9/h8,11H,2-7H2,1H3,(H,12,13,14,15). The van der Waals surface area contributed by atoms with E-state index in [0.717, 1.165) is 38.9 Å². The van der Waals surface area contributed by atoms with E-state index in [1.807, 2.05) is 4.90 Å². The fourth-order valence-corrected chi connectivity index (χ4v) is 2.17. The normalized spacial score (nSPS) is 20.2. The largest absolute Gasteiger partial charge is 0.332 e. The smallest absolute Gasteiger partial charge is 0.295 e. The molecular weight excluding hydrogens is 220 g/mol. The van der Waals surface area contributed by atoms with Crippen LogP contribution in [0.1, 0.15) is 36.8 Å². The minimum absolute atomic E-state index is 0.130. The van der Waals surface area contributed by atoms with Crippen LogP contribution in [0.15, 0.2) is 0 Å². The van der Waals surface area contributed by atoms with Crippen molar-refractivity contribution >= 4 is 5.91 Å². The van der Waals surface area contributed by atoms with Gasteiger partial charge in [-0.2, -0.15) is 5.21 Å². The van der Waals surface area contributed by atoms with Crippen LogP contribution in [0.5, 0.6) is 0 Å². The molecule has 0 saturated carbocycles. The van der Waals surface area contributed by atoms with Crippen molar-refractivity contribution in [2.45, 2.75) is 32.2 Å². The van der Waals surface area contributed by atoms with E-state index >= 15 is 0 Å². The minimum Gasteiger partial charge on any atom is -0.332 e. The first-order chi connectivity index (χ1) is 8.33. The molecule has 2 N–H and O–H groups in total. The Balaban J connectivity index is 2.07. The van der Waals surface area contributed by atoms with Crippen molar-refractivity contribution in [1.82, 2.24) is 30.8 Å². The predicted molar refractivity (Wildman–Crippen MR) is 61.4 cm³/mol. The third kappa shape index (κ3) is 2.79.